The zero-order valence-corrected chi connectivity index (χ0v) is 19.6. The largest absolute Gasteiger partial charge is 0.393 e. The Morgan fingerprint density at radius 2 is 1.93 bits per heavy atom. The van der Waals surface area contributed by atoms with Crippen LogP contribution in [0, 0.1) is 17.1 Å². The normalized spacial score (nSPS) is 14.3. The molecule has 6 nitrogen and oxygen atoms in total. The summed E-state index contributed by atoms with van der Waals surface area (Å²) in [5.41, 5.74) is 3.01. The molecule has 2 heterocycles. The quantitative estimate of drug-likeness (QED) is 0.360. The standard InChI is InChI=1S/C22H22IN5O.ClH/c1-14-3-4-15(11-20(14)23)13-25-21-19-12-16(24-2)5-6-18(19)22(27-26-21)28-9-7-17(29)8-10-28;/h3-6,11-12,17,29H,7-10,13H2,1H3,(H,25,26);1H. The zero-order valence-electron chi connectivity index (χ0n) is 16.6. The number of hydrogen-bond acceptors (Lipinski definition) is 5. The highest BCUT2D eigenvalue weighted by atomic mass is 127. The van der Waals surface area contributed by atoms with E-state index in [0.29, 0.717) is 18.1 Å². The number of fused-ring (bicyclic) bond motifs is 1. The van der Waals surface area contributed by atoms with Crippen LogP contribution in [0.25, 0.3) is 15.6 Å². The van der Waals surface area contributed by atoms with Crippen LogP contribution in [-0.2, 0) is 6.54 Å². The van der Waals surface area contributed by atoms with Crippen molar-refractivity contribution in [1.82, 2.24) is 10.2 Å². The fourth-order valence-corrected chi connectivity index (χ4v) is 4.15. The van der Waals surface area contributed by atoms with Crippen molar-refractivity contribution in [3.8, 4) is 0 Å². The van der Waals surface area contributed by atoms with Gasteiger partial charge >= 0.3 is 0 Å². The van der Waals surface area contributed by atoms with Crippen LogP contribution in [0.2, 0.25) is 0 Å². The highest BCUT2D eigenvalue weighted by molar-refractivity contribution is 14.1. The van der Waals surface area contributed by atoms with Crippen molar-refractivity contribution in [2.24, 2.45) is 0 Å². The van der Waals surface area contributed by atoms with E-state index in [9.17, 15) is 5.11 Å². The van der Waals surface area contributed by atoms with Crippen molar-refractivity contribution in [2.75, 3.05) is 23.3 Å². The third-order valence-electron chi connectivity index (χ3n) is 5.33. The molecule has 4 rings (SSSR count). The first-order valence-corrected chi connectivity index (χ1v) is 10.7. The minimum Gasteiger partial charge on any atom is -0.393 e. The predicted octanol–water partition coefficient (Wildman–Crippen LogP) is 5.09. The Morgan fingerprint density at radius 1 is 1.17 bits per heavy atom. The van der Waals surface area contributed by atoms with E-state index < -0.39 is 0 Å². The maximum absolute atomic E-state index is 9.81. The first-order valence-electron chi connectivity index (χ1n) is 9.65. The molecule has 0 aliphatic carbocycles. The Morgan fingerprint density at radius 3 is 2.63 bits per heavy atom. The van der Waals surface area contributed by atoms with Gasteiger partial charge in [-0.05, 0) is 65.6 Å². The molecule has 2 N–H and O–H groups in total. The number of aromatic nitrogens is 2. The number of rotatable bonds is 4. The molecule has 0 unspecified atom stereocenters. The van der Waals surface area contributed by atoms with E-state index >= 15 is 0 Å². The highest BCUT2D eigenvalue weighted by Crippen LogP contribution is 2.33. The molecule has 0 atom stereocenters. The smallest absolute Gasteiger partial charge is 0.188 e. The van der Waals surface area contributed by atoms with Gasteiger partial charge in [0.2, 0.25) is 0 Å². The van der Waals surface area contributed by atoms with E-state index in [-0.39, 0.29) is 18.5 Å². The van der Waals surface area contributed by atoms with Crippen LogP contribution in [-0.4, -0.2) is 34.5 Å². The maximum Gasteiger partial charge on any atom is 0.188 e. The van der Waals surface area contributed by atoms with Crippen molar-refractivity contribution in [1.29, 1.82) is 0 Å². The number of anilines is 2. The average molecular weight is 536 g/mol. The summed E-state index contributed by atoms with van der Waals surface area (Å²) >= 11 is 2.35. The lowest BCUT2D eigenvalue weighted by molar-refractivity contribution is 0.145. The summed E-state index contributed by atoms with van der Waals surface area (Å²) in [7, 11) is 0. The molecular weight excluding hydrogens is 513 g/mol. The Hall–Kier alpha value is -2.15. The molecule has 30 heavy (non-hydrogen) atoms. The number of aliphatic hydroxyl groups excluding tert-OH is 1. The predicted molar refractivity (Wildman–Crippen MR) is 132 cm³/mol. The molecule has 0 amide bonds. The van der Waals surface area contributed by atoms with Crippen molar-refractivity contribution < 1.29 is 5.11 Å². The molecule has 1 aromatic heterocycles. The molecule has 3 aromatic rings. The number of aryl methyl sites for hydroxylation is 1. The third kappa shape index (κ3) is 4.77. The van der Waals surface area contributed by atoms with Crippen molar-refractivity contribution in [3.63, 3.8) is 0 Å². The lowest BCUT2D eigenvalue weighted by atomic mass is 10.1. The van der Waals surface area contributed by atoms with Crippen LogP contribution in [0.3, 0.4) is 0 Å². The number of benzene rings is 2. The molecule has 0 saturated carbocycles. The molecule has 1 fully saturated rings. The van der Waals surface area contributed by atoms with Crippen LogP contribution in [0.1, 0.15) is 24.0 Å². The summed E-state index contributed by atoms with van der Waals surface area (Å²) in [6.07, 6.45) is 1.22. The summed E-state index contributed by atoms with van der Waals surface area (Å²) in [5.74, 6) is 1.50. The van der Waals surface area contributed by atoms with Crippen LogP contribution < -0.4 is 10.2 Å². The minimum atomic E-state index is -0.238. The first-order chi connectivity index (χ1) is 14.0. The van der Waals surface area contributed by atoms with E-state index in [1.54, 1.807) is 0 Å². The van der Waals surface area contributed by atoms with E-state index in [1.165, 1.54) is 14.7 Å². The average Bonchev–Trinajstić information content (AvgIpc) is 2.74. The van der Waals surface area contributed by atoms with Gasteiger partial charge in [-0.1, -0.05) is 24.3 Å². The van der Waals surface area contributed by atoms with Gasteiger partial charge in [-0.25, -0.2) is 4.85 Å². The summed E-state index contributed by atoms with van der Waals surface area (Å²) in [6.45, 7) is 11.6. The summed E-state index contributed by atoms with van der Waals surface area (Å²) in [4.78, 5) is 5.75. The lowest BCUT2D eigenvalue weighted by Gasteiger charge is -2.31. The number of piperidine rings is 1. The molecule has 1 saturated heterocycles. The molecule has 0 spiro atoms. The van der Waals surface area contributed by atoms with Gasteiger partial charge in [-0.2, -0.15) is 0 Å². The van der Waals surface area contributed by atoms with Gasteiger partial charge in [0.25, 0.3) is 0 Å². The highest BCUT2D eigenvalue weighted by Gasteiger charge is 2.21. The fraction of sp³-hybridized carbons (Fsp3) is 0.318. The second-order valence-electron chi connectivity index (χ2n) is 7.37. The summed E-state index contributed by atoms with van der Waals surface area (Å²) in [5, 5.41) is 24.1. The van der Waals surface area contributed by atoms with E-state index in [4.69, 9.17) is 6.57 Å². The summed E-state index contributed by atoms with van der Waals surface area (Å²) < 4.78 is 1.23. The first kappa shape index (κ1) is 22.5. The Labute approximate surface area is 196 Å². The van der Waals surface area contributed by atoms with E-state index in [2.05, 4.69) is 73.0 Å². The second kappa shape index (κ2) is 9.77. The number of nitrogens with zero attached hydrogens (tertiary/aromatic N) is 4. The van der Waals surface area contributed by atoms with Crippen molar-refractivity contribution in [2.45, 2.75) is 32.4 Å². The molecule has 156 valence electrons. The van der Waals surface area contributed by atoms with Gasteiger partial charge in [0.05, 0.1) is 12.7 Å². The van der Waals surface area contributed by atoms with Gasteiger partial charge in [-0.15, -0.1) is 22.6 Å². The Balaban J connectivity index is 0.00000256. The zero-order chi connectivity index (χ0) is 20.4. The van der Waals surface area contributed by atoms with Gasteiger partial charge in [0, 0.05) is 34.0 Å². The van der Waals surface area contributed by atoms with Gasteiger partial charge < -0.3 is 15.3 Å². The maximum atomic E-state index is 9.81. The lowest BCUT2D eigenvalue weighted by Crippen LogP contribution is -2.36. The molecule has 2 aromatic carbocycles. The molecule has 8 heteroatoms. The number of nitrogens with one attached hydrogen (secondary N) is 1. The summed E-state index contributed by atoms with van der Waals surface area (Å²) in [6, 6.07) is 12.0. The van der Waals surface area contributed by atoms with Crippen LogP contribution in [0.5, 0.6) is 0 Å². The van der Waals surface area contributed by atoms with Crippen LogP contribution >= 0.6 is 35.0 Å². The monoisotopic (exact) mass is 535 g/mol. The molecule has 1 aliphatic rings. The van der Waals surface area contributed by atoms with E-state index in [0.717, 1.165) is 42.5 Å². The number of halogens is 2. The van der Waals surface area contributed by atoms with Gasteiger partial charge in [0.1, 0.15) is 0 Å². The molecule has 0 bridgehead atoms. The second-order valence-corrected chi connectivity index (χ2v) is 8.53. The molecule has 0 radical (unpaired) electrons. The topological polar surface area (TPSA) is 65.6 Å². The Kier molecular flexibility index (Phi) is 7.34. The van der Waals surface area contributed by atoms with Crippen molar-refractivity contribution >= 4 is 63.1 Å². The SMILES string of the molecule is Cl.[C-]#[N+]c1ccc2c(N3CCC(O)CC3)nnc(NCc3ccc(C)c(I)c3)c2c1. The molecule has 1 aliphatic heterocycles. The van der Waals surface area contributed by atoms with Crippen LogP contribution in [0.4, 0.5) is 17.3 Å². The third-order valence-corrected chi connectivity index (χ3v) is 6.50. The fourth-order valence-electron chi connectivity index (χ4n) is 3.57. The van der Waals surface area contributed by atoms with Crippen molar-refractivity contribution in [3.05, 3.63) is 62.5 Å². The number of hydrogen-bond donors (Lipinski definition) is 2. The van der Waals surface area contributed by atoms with Gasteiger partial charge in [-0.3, -0.25) is 0 Å². The van der Waals surface area contributed by atoms with Gasteiger partial charge in [0.15, 0.2) is 17.3 Å². The van der Waals surface area contributed by atoms with E-state index in [1.807, 2.05) is 18.2 Å². The Bertz CT molecular complexity index is 1090. The van der Waals surface area contributed by atoms with Crippen LogP contribution in [0.15, 0.2) is 36.4 Å². The minimum absolute atomic E-state index is 0. The molecular formula is C22H23ClIN5O. The number of aliphatic hydroxyl groups is 1.